The Morgan fingerprint density at radius 3 is 2.83 bits per heavy atom. The first-order valence-corrected chi connectivity index (χ1v) is 7.52. The lowest BCUT2D eigenvalue weighted by Gasteiger charge is -2.28. The third-order valence-corrected chi connectivity index (χ3v) is 4.78. The van der Waals surface area contributed by atoms with Crippen LogP contribution in [-0.2, 0) is 6.42 Å². The van der Waals surface area contributed by atoms with E-state index >= 15 is 0 Å². The molecule has 2 aromatic rings. The molecular formula is C16H19NS. The van der Waals surface area contributed by atoms with Crippen molar-refractivity contribution in [1.82, 2.24) is 0 Å². The van der Waals surface area contributed by atoms with Crippen molar-refractivity contribution in [2.75, 3.05) is 11.9 Å². The quantitative estimate of drug-likeness (QED) is 0.827. The molecule has 1 unspecified atom stereocenters. The Kier molecular flexibility index (Phi) is 3.13. The molecule has 0 fully saturated rings. The van der Waals surface area contributed by atoms with Crippen LogP contribution in [0.1, 0.15) is 41.7 Å². The minimum absolute atomic E-state index is 0.589. The molecular weight excluding hydrogens is 238 g/mol. The molecule has 1 aromatic heterocycles. The maximum atomic E-state index is 3.66. The van der Waals surface area contributed by atoms with Gasteiger partial charge in [0.15, 0.2) is 0 Å². The largest absolute Gasteiger partial charge is 0.384 e. The first kappa shape index (κ1) is 11.8. The number of rotatable bonds is 2. The van der Waals surface area contributed by atoms with Crippen molar-refractivity contribution in [2.45, 2.75) is 32.1 Å². The molecule has 1 aliphatic rings. The second-order valence-corrected chi connectivity index (χ2v) is 6.31. The highest BCUT2D eigenvalue weighted by Crippen LogP contribution is 2.36. The van der Waals surface area contributed by atoms with Gasteiger partial charge in [0.1, 0.15) is 0 Å². The van der Waals surface area contributed by atoms with E-state index in [4.69, 9.17) is 0 Å². The lowest BCUT2D eigenvalue weighted by atomic mass is 9.88. The molecule has 1 atom stereocenters. The van der Waals surface area contributed by atoms with E-state index in [0.717, 1.165) is 6.54 Å². The van der Waals surface area contributed by atoms with Gasteiger partial charge in [-0.1, -0.05) is 38.1 Å². The van der Waals surface area contributed by atoms with Crippen molar-refractivity contribution >= 4 is 17.0 Å². The van der Waals surface area contributed by atoms with Gasteiger partial charge < -0.3 is 5.32 Å². The van der Waals surface area contributed by atoms with Crippen LogP contribution >= 0.6 is 11.3 Å². The van der Waals surface area contributed by atoms with Crippen molar-refractivity contribution in [3.8, 4) is 0 Å². The highest BCUT2D eigenvalue weighted by Gasteiger charge is 2.22. The van der Waals surface area contributed by atoms with Crippen molar-refractivity contribution in [3.05, 3.63) is 51.7 Å². The Labute approximate surface area is 113 Å². The van der Waals surface area contributed by atoms with Crippen molar-refractivity contribution in [1.29, 1.82) is 0 Å². The first-order chi connectivity index (χ1) is 8.75. The number of fused-ring (bicyclic) bond motifs is 1. The molecule has 1 N–H and O–H groups in total. The first-order valence-electron chi connectivity index (χ1n) is 6.64. The second-order valence-electron chi connectivity index (χ2n) is 5.33. The summed E-state index contributed by atoms with van der Waals surface area (Å²) < 4.78 is 0. The van der Waals surface area contributed by atoms with Gasteiger partial charge in [0.2, 0.25) is 0 Å². The molecule has 3 rings (SSSR count). The lowest BCUT2D eigenvalue weighted by Crippen LogP contribution is -2.22. The zero-order valence-corrected chi connectivity index (χ0v) is 11.8. The van der Waals surface area contributed by atoms with E-state index in [1.165, 1.54) is 28.1 Å². The Morgan fingerprint density at radius 2 is 2.11 bits per heavy atom. The fourth-order valence-corrected chi connectivity index (χ4v) is 3.60. The summed E-state index contributed by atoms with van der Waals surface area (Å²) in [6.07, 6.45) is 1.17. The van der Waals surface area contributed by atoms with Crippen molar-refractivity contribution in [2.24, 2.45) is 0 Å². The molecule has 0 aliphatic carbocycles. The normalized spacial score (nSPS) is 18.5. The molecule has 1 nitrogen and oxygen atoms in total. The van der Waals surface area contributed by atoms with Gasteiger partial charge in [0.05, 0.1) is 0 Å². The van der Waals surface area contributed by atoms with Crippen LogP contribution in [0.3, 0.4) is 0 Å². The van der Waals surface area contributed by atoms with E-state index in [1.54, 1.807) is 0 Å². The van der Waals surface area contributed by atoms with E-state index in [0.29, 0.717) is 11.8 Å². The van der Waals surface area contributed by atoms with Crippen LogP contribution in [0.15, 0.2) is 35.7 Å². The van der Waals surface area contributed by atoms with E-state index < -0.39 is 0 Å². The van der Waals surface area contributed by atoms with Gasteiger partial charge in [-0.3, -0.25) is 0 Å². The lowest BCUT2D eigenvalue weighted by molar-refractivity contribution is 0.701. The van der Waals surface area contributed by atoms with Crippen LogP contribution in [0.25, 0.3) is 0 Å². The predicted molar refractivity (Wildman–Crippen MR) is 79.8 cm³/mol. The minimum Gasteiger partial charge on any atom is -0.384 e. The third kappa shape index (κ3) is 2.05. The molecule has 0 amide bonds. The maximum absolute atomic E-state index is 3.66. The van der Waals surface area contributed by atoms with E-state index in [1.807, 2.05) is 11.3 Å². The van der Waals surface area contributed by atoms with Gasteiger partial charge in [-0.2, -0.15) is 0 Å². The molecule has 1 aromatic carbocycles. The van der Waals surface area contributed by atoms with Crippen LogP contribution in [0.4, 0.5) is 5.69 Å². The van der Waals surface area contributed by atoms with Gasteiger partial charge in [-0.25, -0.2) is 0 Å². The molecule has 18 heavy (non-hydrogen) atoms. The Balaban J connectivity index is 1.92. The molecule has 1 aliphatic heterocycles. The molecule has 0 spiro atoms. The van der Waals surface area contributed by atoms with Crippen LogP contribution in [-0.4, -0.2) is 6.54 Å². The standard InChI is InChI=1S/C16H19NS/c1-11(2)14-6-3-5-12-9-13(10-17-16(12)14)15-7-4-8-18-15/h3-8,11,13,17H,9-10H2,1-2H3. The minimum atomic E-state index is 0.589. The number of hydrogen-bond acceptors (Lipinski definition) is 2. The zero-order chi connectivity index (χ0) is 12.5. The third-order valence-electron chi connectivity index (χ3n) is 3.74. The topological polar surface area (TPSA) is 12.0 Å². The van der Waals surface area contributed by atoms with Gasteiger partial charge in [0.25, 0.3) is 0 Å². The van der Waals surface area contributed by atoms with Crippen LogP contribution in [0, 0.1) is 0 Å². The van der Waals surface area contributed by atoms with E-state index in [2.05, 4.69) is 54.9 Å². The zero-order valence-electron chi connectivity index (χ0n) is 10.9. The van der Waals surface area contributed by atoms with Crippen molar-refractivity contribution < 1.29 is 0 Å². The van der Waals surface area contributed by atoms with Crippen LogP contribution in [0.2, 0.25) is 0 Å². The highest BCUT2D eigenvalue weighted by atomic mass is 32.1. The van der Waals surface area contributed by atoms with Gasteiger partial charge in [-0.05, 0) is 34.9 Å². The van der Waals surface area contributed by atoms with E-state index in [9.17, 15) is 0 Å². The Hall–Kier alpha value is -1.28. The number of hydrogen-bond donors (Lipinski definition) is 1. The van der Waals surface area contributed by atoms with Crippen LogP contribution < -0.4 is 5.32 Å². The molecule has 94 valence electrons. The summed E-state index contributed by atoms with van der Waals surface area (Å²) >= 11 is 1.87. The molecule has 2 heteroatoms. The number of benzene rings is 1. The number of thiophene rings is 1. The number of nitrogens with one attached hydrogen (secondary N) is 1. The molecule has 0 saturated carbocycles. The molecule has 0 radical (unpaired) electrons. The maximum Gasteiger partial charge on any atom is 0.0408 e. The summed E-state index contributed by atoms with van der Waals surface area (Å²) in [7, 11) is 0. The van der Waals surface area contributed by atoms with Gasteiger partial charge >= 0.3 is 0 Å². The van der Waals surface area contributed by atoms with Crippen molar-refractivity contribution in [3.63, 3.8) is 0 Å². The highest BCUT2D eigenvalue weighted by molar-refractivity contribution is 7.10. The Bertz CT molecular complexity index is 528. The predicted octanol–water partition coefficient (Wildman–Crippen LogP) is 4.62. The monoisotopic (exact) mass is 257 g/mol. The summed E-state index contributed by atoms with van der Waals surface area (Å²) in [5.74, 6) is 1.23. The summed E-state index contributed by atoms with van der Waals surface area (Å²) in [5.41, 5.74) is 4.32. The fourth-order valence-electron chi connectivity index (χ4n) is 2.77. The second kappa shape index (κ2) is 4.77. The van der Waals surface area contributed by atoms with Crippen LogP contribution in [0.5, 0.6) is 0 Å². The van der Waals surface area contributed by atoms with Gasteiger partial charge in [-0.15, -0.1) is 11.3 Å². The smallest absolute Gasteiger partial charge is 0.0408 e. The average molecular weight is 257 g/mol. The molecule has 2 heterocycles. The summed E-state index contributed by atoms with van der Waals surface area (Å²) in [6.45, 7) is 5.60. The fraction of sp³-hybridized carbons (Fsp3) is 0.375. The average Bonchev–Trinajstić information content (AvgIpc) is 2.91. The summed E-state index contributed by atoms with van der Waals surface area (Å²) in [5, 5.41) is 5.83. The SMILES string of the molecule is CC(C)c1cccc2c1NCC(c1cccs1)C2. The van der Waals surface area contributed by atoms with E-state index in [-0.39, 0.29) is 0 Å². The number of para-hydroxylation sites is 1. The number of anilines is 1. The summed E-state index contributed by atoms with van der Waals surface area (Å²) in [6, 6.07) is 11.1. The van der Waals surface area contributed by atoms with Gasteiger partial charge in [0, 0.05) is 23.0 Å². The molecule has 0 saturated heterocycles. The summed E-state index contributed by atoms with van der Waals surface area (Å²) in [4.78, 5) is 1.50. The Morgan fingerprint density at radius 1 is 1.22 bits per heavy atom. The molecule has 0 bridgehead atoms.